The summed E-state index contributed by atoms with van der Waals surface area (Å²) in [6, 6.07) is 4.71. The zero-order valence-electron chi connectivity index (χ0n) is 10.2. The van der Waals surface area contributed by atoms with Gasteiger partial charge in [0.1, 0.15) is 5.52 Å². The SMILES string of the molecule is CC(C)(C)Cc1nc2cc(C(=O)O)ccc2o1. The van der Waals surface area contributed by atoms with Gasteiger partial charge in [0, 0.05) is 6.42 Å². The lowest BCUT2D eigenvalue weighted by molar-refractivity contribution is 0.0697. The molecule has 2 rings (SSSR count). The largest absolute Gasteiger partial charge is 0.478 e. The van der Waals surface area contributed by atoms with E-state index in [1.54, 1.807) is 6.07 Å². The number of carboxylic acids is 1. The van der Waals surface area contributed by atoms with Crippen LogP contribution >= 0.6 is 0 Å². The molecule has 0 radical (unpaired) electrons. The lowest BCUT2D eigenvalue weighted by Crippen LogP contribution is -2.09. The zero-order chi connectivity index (χ0) is 12.6. The van der Waals surface area contributed by atoms with Crippen LogP contribution in [0.5, 0.6) is 0 Å². The van der Waals surface area contributed by atoms with Crippen LogP contribution < -0.4 is 0 Å². The molecular weight excluding hydrogens is 218 g/mol. The fourth-order valence-electron chi connectivity index (χ4n) is 1.64. The average Bonchev–Trinajstić information content (AvgIpc) is 2.54. The molecule has 1 N–H and O–H groups in total. The molecule has 0 unspecified atom stereocenters. The van der Waals surface area contributed by atoms with Crippen molar-refractivity contribution in [2.24, 2.45) is 5.41 Å². The third kappa shape index (κ3) is 2.64. The van der Waals surface area contributed by atoms with Gasteiger partial charge in [0.25, 0.3) is 0 Å². The number of benzene rings is 1. The van der Waals surface area contributed by atoms with Crippen molar-refractivity contribution in [3.05, 3.63) is 29.7 Å². The van der Waals surface area contributed by atoms with Gasteiger partial charge in [-0.05, 0) is 23.6 Å². The minimum absolute atomic E-state index is 0.0938. The molecule has 0 saturated heterocycles. The Kier molecular flexibility index (Phi) is 2.65. The highest BCUT2D eigenvalue weighted by Gasteiger charge is 2.16. The molecule has 90 valence electrons. The molecule has 0 saturated carbocycles. The van der Waals surface area contributed by atoms with Crippen molar-refractivity contribution in [3.63, 3.8) is 0 Å². The van der Waals surface area contributed by atoms with E-state index in [9.17, 15) is 4.79 Å². The standard InChI is InChI=1S/C13H15NO3/c1-13(2,3)7-11-14-9-6-8(12(15)16)4-5-10(9)17-11/h4-6H,7H2,1-3H3,(H,15,16). The van der Waals surface area contributed by atoms with Gasteiger partial charge in [-0.15, -0.1) is 0 Å². The summed E-state index contributed by atoms with van der Waals surface area (Å²) in [5.74, 6) is -0.303. The van der Waals surface area contributed by atoms with Gasteiger partial charge >= 0.3 is 5.97 Å². The number of carboxylic acid groups (broad SMARTS) is 1. The molecule has 0 aliphatic rings. The normalized spacial score (nSPS) is 11.9. The summed E-state index contributed by atoms with van der Waals surface area (Å²) in [5, 5.41) is 8.88. The molecule has 1 aromatic heterocycles. The van der Waals surface area contributed by atoms with E-state index in [1.807, 2.05) is 0 Å². The molecule has 0 fully saturated rings. The highest BCUT2D eigenvalue weighted by molar-refractivity contribution is 5.91. The van der Waals surface area contributed by atoms with Crippen molar-refractivity contribution in [2.45, 2.75) is 27.2 Å². The monoisotopic (exact) mass is 233 g/mol. The Balaban J connectivity index is 2.40. The third-order valence-electron chi connectivity index (χ3n) is 2.36. The van der Waals surface area contributed by atoms with E-state index < -0.39 is 5.97 Å². The van der Waals surface area contributed by atoms with Crippen molar-refractivity contribution < 1.29 is 14.3 Å². The van der Waals surface area contributed by atoms with Crippen molar-refractivity contribution in [3.8, 4) is 0 Å². The second kappa shape index (κ2) is 3.87. The Hall–Kier alpha value is -1.84. The quantitative estimate of drug-likeness (QED) is 0.865. The van der Waals surface area contributed by atoms with E-state index in [0.29, 0.717) is 17.0 Å². The predicted octanol–water partition coefficient (Wildman–Crippen LogP) is 3.11. The number of aromatic carboxylic acids is 1. The van der Waals surface area contributed by atoms with Crippen molar-refractivity contribution >= 4 is 17.1 Å². The molecule has 0 aliphatic heterocycles. The third-order valence-corrected chi connectivity index (χ3v) is 2.36. The van der Waals surface area contributed by atoms with Crippen LogP contribution in [0.2, 0.25) is 0 Å². The number of aromatic nitrogens is 1. The minimum atomic E-state index is -0.952. The summed E-state index contributed by atoms with van der Waals surface area (Å²) in [6.45, 7) is 6.31. The number of fused-ring (bicyclic) bond motifs is 1. The fourth-order valence-corrected chi connectivity index (χ4v) is 1.64. The van der Waals surface area contributed by atoms with Gasteiger partial charge in [0.2, 0.25) is 0 Å². The lowest BCUT2D eigenvalue weighted by atomic mass is 9.92. The van der Waals surface area contributed by atoms with Crippen LogP contribution in [0.3, 0.4) is 0 Å². The Labute approximate surface area is 99.3 Å². The van der Waals surface area contributed by atoms with E-state index >= 15 is 0 Å². The van der Waals surface area contributed by atoms with Gasteiger partial charge in [0.05, 0.1) is 5.56 Å². The Bertz CT molecular complexity index is 564. The van der Waals surface area contributed by atoms with Crippen LogP contribution in [-0.2, 0) is 6.42 Å². The topological polar surface area (TPSA) is 63.3 Å². The first-order chi connectivity index (χ1) is 7.85. The van der Waals surface area contributed by atoms with Crippen LogP contribution in [-0.4, -0.2) is 16.1 Å². The summed E-state index contributed by atoms with van der Waals surface area (Å²) in [4.78, 5) is 15.1. The van der Waals surface area contributed by atoms with Crippen LogP contribution in [0, 0.1) is 5.41 Å². The van der Waals surface area contributed by atoms with Crippen molar-refractivity contribution in [1.82, 2.24) is 4.98 Å². The van der Waals surface area contributed by atoms with Gasteiger partial charge in [-0.1, -0.05) is 20.8 Å². The number of hydrogen-bond acceptors (Lipinski definition) is 3. The molecule has 4 nitrogen and oxygen atoms in total. The van der Waals surface area contributed by atoms with E-state index in [4.69, 9.17) is 9.52 Å². The van der Waals surface area contributed by atoms with E-state index in [-0.39, 0.29) is 11.0 Å². The van der Waals surface area contributed by atoms with E-state index in [0.717, 1.165) is 6.42 Å². The lowest BCUT2D eigenvalue weighted by Gasteiger charge is -2.14. The van der Waals surface area contributed by atoms with Crippen LogP contribution in [0.15, 0.2) is 22.6 Å². The average molecular weight is 233 g/mol. The van der Waals surface area contributed by atoms with Crippen molar-refractivity contribution in [1.29, 1.82) is 0 Å². The highest BCUT2D eigenvalue weighted by atomic mass is 16.4. The molecule has 4 heteroatoms. The van der Waals surface area contributed by atoms with Crippen molar-refractivity contribution in [2.75, 3.05) is 0 Å². The molecule has 0 amide bonds. The number of nitrogens with zero attached hydrogens (tertiary/aromatic N) is 1. The smallest absolute Gasteiger partial charge is 0.335 e. The predicted molar refractivity (Wildman–Crippen MR) is 64.1 cm³/mol. The van der Waals surface area contributed by atoms with Gasteiger partial charge < -0.3 is 9.52 Å². The summed E-state index contributed by atoms with van der Waals surface area (Å²) in [6.07, 6.45) is 0.726. The van der Waals surface area contributed by atoms with Gasteiger partial charge in [-0.3, -0.25) is 0 Å². The summed E-state index contributed by atoms with van der Waals surface area (Å²) < 4.78 is 5.57. The highest BCUT2D eigenvalue weighted by Crippen LogP contribution is 2.24. The zero-order valence-corrected chi connectivity index (χ0v) is 10.2. The summed E-state index contributed by atoms with van der Waals surface area (Å²) in [7, 11) is 0. The molecule has 0 spiro atoms. The van der Waals surface area contributed by atoms with Crippen LogP contribution in [0.1, 0.15) is 37.0 Å². The Morgan fingerprint density at radius 3 is 2.71 bits per heavy atom. The number of hydrogen-bond donors (Lipinski definition) is 1. The number of oxazole rings is 1. The summed E-state index contributed by atoms with van der Waals surface area (Å²) >= 11 is 0. The molecule has 17 heavy (non-hydrogen) atoms. The first-order valence-electron chi connectivity index (χ1n) is 5.48. The maximum atomic E-state index is 10.8. The van der Waals surface area contributed by atoms with E-state index in [2.05, 4.69) is 25.8 Å². The molecule has 0 aliphatic carbocycles. The molecule has 1 heterocycles. The molecule has 0 atom stereocenters. The van der Waals surface area contributed by atoms with Crippen LogP contribution in [0.4, 0.5) is 0 Å². The first kappa shape index (κ1) is 11.6. The van der Waals surface area contributed by atoms with Gasteiger partial charge in [0.15, 0.2) is 11.5 Å². The summed E-state index contributed by atoms with van der Waals surface area (Å²) in [5.41, 5.74) is 1.56. The second-order valence-corrected chi connectivity index (χ2v) is 5.33. The van der Waals surface area contributed by atoms with Crippen LogP contribution in [0.25, 0.3) is 11.1 Å². The molecule has 0 bridgehead atoms. The number of rotatable bonds is 2. The van der Waals surface area contributed by atoms with E-state index in [1.165, 1.54) is 12.1 Å². The maximum Gasteiger partial charge on any atom is 0.335 e. The molecule has 1 aromatic carbocycles. The maximum absolute atomic E-state index is 10.8. The first-order valence-corrected chi connectivity index (χ1v) is 5.48. The van der Waals surface area contributed by atoms with Gasteiger partial charge in [-0.25, -0.2) is 9.78 Å². The Morgan fingerprint density at radius 1 is 1.41 bits per heavy atom. The Morgan fingerprint density at radius 2 is 2.12 bits per heavy atom. The molecular formula is C13H15NO3. The number of carbonyl (C=O) groups is 1. The molecule has 2 aromatic rings. The second-order valence-electron chi connectivity index (χ2n) is 5.33. The van der Waals surface area contributed by atoms with Gasteiger partial charge in [-0.2, -0.15) is 0 Å². The minimum Gasteiger partial charge on any atom is -0.478 e. The fraction of sp³-hybridized carbons (Fsp3) is 0.385.